The zero-order chi connectivity index (χ0) is 15.9. The van der Waals surface area contributed by atoms with Crippen molar-refractivity contribution >= 4 is 5.69 Å². The number of alkyl halides is 3. The topological polar surface area (TPSA) is 87.2 Å². The highest BCUT2D eigenvalue weighted by atomic mass is 19.4. The zero-order valence-electron chi connectivity index (χ0n) is 11.3. The molecule has 1 aromatic rings. The first-order valence-corrected chi connectivity index (χ1v) is 6.08. The van der Waals surface area contributed by atoms with Gasteiger partial charge in [0.15, 0.2) is 0 Å². The maximum Gasteiger partial charge on any atom is 0.423 e. The zero-order valence-corrected chi connectivity index (χ0v) is 11.3. The molecule has 1 aromatic heterocycles. The van der Waals surface area contributed by atoms with Crippen molar-refractivity contribution in [2.24, 2.45) is 0 Å². The summed E-state index contributed by atoms with van der Waals surface area (Å²) in [6.07, 6.45) is -0.652. The summed E-state index contributed by atoms with van der Waals surface area (Å²) in [6, 6.07) is -0.540. The van der Waals surface area contributed by atoms with Crippen LogP contribution < -0.4 is 10.9 Å². The van der Waals surface area contributed by atoms with Gasteiger partial charge in [-0.2, -0.15) is 18.3 Å². The minimum atomic E-state index is -4.80. The summed E-state index contributed by atoms with van der Waals surface area (Å²) in [4.78, 5) is 11.3. The number of hydrogen-bond acceptors (Lipinski definition) is 5. The van der Waals surface area contributed by atoms with Crippen molar-refractivity contribution in [1.29, 1.82) is 0 Å². The van der Waals surface area contributed by atoms with Crippen molar-refractivity contribution in [3.8, 4) is 0 Å². The molecule has 0 aliphatic rings. The number of rotatable bonds is 7. The Labute approximate surface area is 118 Å². The van der Waals surface area contributed by atoms with Crippen molar-refractivity contribution in [3.63, 3.8) is 0 Å². The number of aliphatic hydroxyl groups is 1. The van der Waals surface area contributed by atoms with Crippen LogP contribution in [0.5, 0.6) is 0 Å². The van der Waals surface area contributed by atoms with Gasteiger partial charge in [-0.15, -0.1) is 0 Å². The molecule has 9 heteroatoms. The molecule has 0 aromatic carbocycles. The SMILES string of the molecule is COCC[C@@H](/C=C/CO)Nc1cn[nH]c(=O)c1C(F)(F)F. The van der Waals surface area contributed by atoms with Gasteiger partial charge < -0.3 is 15.2 Å². The second kappa shape index (κ2) is 7.79. The second-order valence-corrected chi connectivity index (χ2v) is 4.13. The first-order valence-electron chi connectivity index (χ1n) is 6.08. The lowest BCUT2D eigenvalue weighted by molar-refractivity contribution is -0.138. The third-order valence-corrected chi connectivity index (χ3v) is 2.59. The second-order valence-electron chi connectivity index (χ2n) is 4.13. The Morgan fingerprint density at radius 1 is 1.57 bits per heavy atom. The van der Waals surface area contributed by atoms with Gasteiger partial charge in [-0.1, -0.05) is 12.2 Å². The Balaban J connectivity index is 3.06. The van der Waals surface area contributed by atoms with Gasteiger partial charge in [-0.05, 0) is 6.42 Å². The van der Waals surface area contributed by atoms with Crippen LogP contribution in [0.4, 0.5) is 18.9 Å². The third-order valence-electron chi connectivity index (χ3n) is 2.59. The van der Waals surface area contributed by atoms with E-state index in [1.54, 1.807) is 5.10 Å². The van der Waals surface area contributed by atoms with Gasteiger partial charge in [-0.25, -0.2) is 5.10 Å². The van der Waals surface area contributed by atoms with Crippen molar-refractivity contribution in [1.82, 2.24) is 10.2 Å². The highest BCUT2D eigenvalue weighted by molar-refractivity contribution is 5.50. The molecule has 1 rings (SSSR count). The Kier molecular flexibility index (Phi) is 6.38. The molecule has 3 N–H and O–H groups in total. The van der Waals surface area contributed by atoms with E-state index in [4.69, 9.17) is 9.84 Å². The van der Waals surface area contributed by atoms with Gasteiger partial charge in [0, 0.05) is 19.8 Å². The molecule has 6 nitrogen and oxygen atoms in total. The molecule has 0 radical (unpaired) electrons. The lowest BCUT2D eigenvalue weighted by Gasteiger charge is -2.18. The number of aliphatic hydroxyl groups excluding tert-OH is 1. The fourth-order valence-electron chi connectivity index (χ4n) is 1.68. The summed E-state index contributed by atoms with van der Waals surface area (Å²) in [6.45, 7) is 0.0519. The Morgan fingerprint density at radius 2 is 2.29 bits per heavy atom. The summed E-state index contributed by atoms with van der Waals surface area (Å²) in [5.41, 5.74) is -3.07. The lowest BCUT2D eigenvalue weighted by Crippen LogP contribution is -2.28. The average molecular weight is 307 g/mol. The summed E-state index contributed by atoms with van der Waals surface area (Å²) in [7, 11) is 1.46. The molecule has 0 saturated heterocycles. The van der Waals surface area contributed by atoms with Crippen LogP contribution in [0.3, 0.4) is 0 Å². The van der Waals surface area contributed by atoms with Crippen LogP contribution in [-0.4, -0.2) is 41.7 Å². The predicted molar refractivity (Wildman–Crippen MR) is 70.0 cm³/mol. The van der Waals surface area contributed by atoms with Crippen LogP contribution in [-0.2, 0) is 10.9 Å². The summed E-state index contributed by atoms with van der Waals surface area (Å²) < 4.78 is 43.5. The molecule has 1 heterocycles. The summed E-state index contributed by atoms with van der Waals surface area (Å²) in [5, 5.41) is 16.5. The van der Waals surface area contributed by atoms with Gasteiger partial charge in [0.25, 0.3) is 5.56 Å². The minimum absolute atomic E-state index is 0.245. The summed E-state index contributed by atoms with van der Waals surface area (Å²) >= 11 is 0. The van der Waals surface area contributed by atoms with E-state index in [2.05, 4.69) is 10.4 Å². The third kappa shape index (κ3) is 5.20. The number of anilines is 1. The standard InChI is InChI=1S/C12H16F3N3O3/c1-21-6-4-8(3-2-5-19)17-9-7-16-18-11(20)10(9)12(13,14)15/h2-3,7-8,19H,4-6H2,1H3,(H2,17,18,20)/b3-2+/t8-/m1/s1. The predicted octanol–water partition coefficient (Wildman–Crippen LogP) is 1.15. The fraction of sp³-hybridized carbons (Fsp3) is 0.500. The normalized spacial score (nSPS) is 13.6. The van der Waals surface area contributed by atoms with Crippen LogP contribution in [0.15, 0.2) is 23.1 Å². The lowest BCUT2D eigenvalue weighted by atomic mass is 10.1. The highest BCUT2D eigenvalue weighted by Crippen LogP contribution is 2.31. The number of hydrogen-bond donors (Lipinski definition) is 3. The molecule has 118 valence electrons. The maximum atomic E-state index is 12.9. The van der Waals surface area contributed by atoms with Crippen molar-refractivity contribution in [2.75, 3.05) is 25.6 Å². The molecule has 0 amide bonds. The van der Waals surface area contributed by atoms with E-state index in [1.807, 2.05) is 0 Å². The number of H-pyrrole nitrogens is 1. The number of ether oxygens (including phenoxy) is 1. The molecule has 21 heavy (non-hydrogen) atoms. The van der Waals surface area contributed by atoms with Crippen LogP contribution in [0.1, 0.15) is 12.0 Å². The van der Waals surface area contributed by atoms with E-state index in [9.17, 15) is 18.0 Å². The van der Waals surface area contributed by atoms with Gasteiger partial charge in [0.2, 0.25) is 0 Å². The number of halogens is 3. The van der Waals surface area contributed by atoms with Crippen LogP contribution in [0.2, 0.25) is 0 Å². The van der Waals surface area contributed by atoms with Crippen LogP contribution in [0, 0.1) is 0 Å². The highest BCUT2D eigenvalue weighted by Gasteiger charge is 2.37. The Bertz CT molecular complexity index is 528. The van der Waals surface area contributed by atoms with Gasteiger partial charge in [-0.3, -0.25) is 4.79 Å². The molecule has 0 unspecified atom stereocenters. The van der Waals surface area contributed by atoms with Crippen molar-refractivity contribution in [3.05, 3.63) is 34.3 Å². The van der Waals surface area contributed by atoms with Gasteiger partial charge in [0.1, 0.15) is 5.56 Å². The van der Waals surface area contributed by atoms with E-state index in [1.165, 1.54) is 19.3 Å². The van der Waals surface area contributed by atoms with Gasteiger partial charge in [0.05, 0.1) is 18.5 Å². The molecule has 0 bridgehead atoms. The van der Waals surface area contributed by atoms with E-state index < -0.39 is 29.0 Å². The monoisotopic (exact) mass is 307 g/mol. The van der Waals surface area contributed by atoms with Crippen molar-refractivity contribution in [2.45, 2.75) is 18.6 Å². The molecule has 0 saturated carbocycles. The number of nitrogens with zero attached hydrogens (tertiary/aromatic N) is 1. The maximum absolute atomic E-state index is 12.9. The molecule has 0 spiro atoms. The molecular formula is C12H16F3N3O3. The minimum Gasteiger partial charge on any atom is -0.392 e. The smallest absolute Gasteiger partial charge is 0.392 e. The molecular weight excluding hydrogens is 291 g/mol. The van der Waals surface area contributed by atoms with E-state index in [0.717, 1.165) is 6.20 Å². The average Bonchev–Trinajstić information content (AvgIpc) is 2.40. The molecule has 0 aliphatic carbocycles. The van der Waals surface area contributed by atoms with Crippen LogP contribution in [0.25, 0.3) is 0 Å². The number of methoxy groups -OCH3 is 1. The Morgan fingerprint density at radius 3 is 2.86 bits per heavy atom. The number of aromatic nitrogens is 2. The number of aromatic amines is 1. The first kappa shape index (κ1) is 17.2. The van der Waals surface area contributed by atoms with Crippen LogP contribution >= 0.6 is 0 Å². The molecule has 0 aliphatic heterocycles. The van der Waals surface area contributed by atoms with Crippen molar-refractivity contribution < 1.29 is 23.0 Å². The first-order chi connectivity index (χ1) is 9.90. The molecule has 0 fully saturated rings. The van der Waals surface area contributed by atoms with Gasteiger partial charge >= 0.3 is 6.18 Å². The Hall–Kier alpha value is -1.87. The molecule has 1 atom stereocenters. The van der Waals surface area contributed by atoms with E-state index >= 15 is 0 Å². The largest absolute Gasteiger partial charge is 0.423 e. The number of nitrogens with one attached hydrogen (secondary N) is 2. The quantitative estimate of drug-likeness (QED) is 0.658. The fourth-order valence-corrected chi connectivity index (χ4v) is 1.68. The summed E-state index contributed by atoms with van der Waals surface area (Å²) in [5.74, 6) is 0. The van der Waals surface area contributed by atoms with E-state index in [-0.39, 0.29) is 6.61 Å². The van der Waals surface area contributed by atoms with E-state index in [0.29, 0.717) is 13.0 Å².